The van der Waals surface area contributed by atoms with Crippen LogP contribution >= 0.6 is 0 Å². The molecule has 0 saturated carbocycles. The monoisotopic (exact) mass is 400 g/mol. The first-order valence-electron chi connectivity index (χ1n) is 9.34. The third-order valence-electron chi connectivity index (χ3n) is 4.64. The summed E-state index contributed by atoms with van der Waals surface area (Å²) in [4.78, 5) is 36.1. The molecule has 2 aromatic rings. The van der Waals surface area contributed by atoms with Gasteiger partial charge in [0.15, 0.2) is 6.61 Å². The van der Waals surface area contributed by atoms with Gasteiger partial charge in [0.25, 0.3) is 5.91 Å². The van der Waals surface area contributed by atoms with E-state index in [0.29, 0.717) is 0 Å². The van der Waals surface area contributed by atoms with E-state index in [4.69, 9.17) is 4.74 Å². The van der Waals surface area contributed by atoms with Gasteiger partial charge in [0.2, 0.25) is 0 Å². The average Bonchev–Trinajstić information content (AvgIpc) is 3.37. The average molecular weight is 400 g/mol. The molecular weight excluding hydrogens is 376 g/mol. The maximum Gasteiger partial charge on any atom is 0.416 e. The molecule has 3 heterocycles. The Hall–Kier alpha value is -3.36. The highest BCUT2D eigenvalue weighted by molar-refractivity contribution is 5.95. The Balaban J connectivity index is 1.68. The van der Waals surface area contributed by atoms with E-state index in [9.17, 15) is 14.4 Å². The third-order valence-corrected chi connectivity index (χ3v) is 4.64. The maximum absolute atomic E-state index is 12.0. The summed E-state index contributed by atoms with van der Waals surface area (Å²) < 4.78 is 13.6. The molecule has 0 N–H and O–H groups in total. The number of imide groups is 1. The molecule has 2 amide bonds. The maximum atomic E-state index is 12.0. The predicted octanol–water partition coefficient (Wildman–Crippen LogP) is 2.41. The van der Waals surface area contributed by atoms with E-state index >= 15 is 0 Å². The summed E-state index contributed by atoms with van der Waals surface area (Å²) in [6.45, 7) is 7.88. The second kappa shape index (κ2) is 8.34. The Labute approximate surface area is 168 Å². The van der Waals surface area contributed by atoms with E-state index < -0.39 is 24.6 Å². The van der Waals surface area contributed by atoms with Crippen LogP contribution in [-0.4, -0.2) is 57.0 Å². The molecule has 0 atom stereocenters. The van der Waals surface area contributed by atoms with Gasteiger partial charge in [0.05, 0.1) is 12.7 Å². The Morgan fingerprint density at radius 1 is 1.34 bits per heavy atom. The molecule has 0 bridgehead atoms. The van der Waals surface area contributed by atoms with Crippen molar-refractivity contribution in [3.05, 3.63) is 41.4 Å². The highest BCUT2D eigenvalue weighted by atomic mass is 16.6. The van der Waals surface area contributed by atoms with Crippen molar-refractivity contribution in [1.29, 1.82) is 0 Å². The van der Waals surface area contributed by atoms with Crippen LogP contribution in [0.2, 0.25) is 0 Å². The standard InChI is InChI=1S/C20H24N4O5/c1-13(2)24-17(7-8-21-24)23-14(3)11-16(15(23)4)5-6-19(26)29-12-18(25)22-9-10-28-20(22)27/h5-8,11,13H,9-10,12H2,1-4H3/b6-5+. The Bertz CT molecular complexity index is 970. The first-order chi connectivity index (χ1) is 13.8. The van der Waals surface area contributed by atoms with Crippen molar-refractivity contribution in [2.75, 3.05) is 19.8 Å². The molecule has 1 saturated heterocycles. The summed E-state index contributed by atoms with van der Waals surface area (Å²) in [6.07, 6.45) is 3.95. The van der Waals surface area contributed by atoms with Crippen LogP contribution in [0.1, 0.15) is 36.8 Å². The lowest BCUT2D eigenvalue weighted by Crippen LogP contribution is -2.35. The van der Waals surface area contributed by atoms with Crippen molar-refractivity contribution in [3.8, 4) is 5.82 Å². The molecule has 3 rings (SSSR count). The molecule has 0 aliphatic carbocycles. The normalized spacial score (nSPS) is 14.1. The summed E-state index contributed by atoms with van der Waals surface area (Å²) in [6, 6.07) is 4.11. The Kier molecular flexibility index (Phi) is 5.86. The van der Waals surface area contributed by atoms with Crippen LogP contribution < -0.4 is 0 Å². The third kappa shape index (κ3) is 4.23. The van der Waals surface area contributed by atoms with E-state index in [1.54, 1.807) is 12.3 Å². The molecule has 2 aromatic heterocycles. The number of rotatable bonds is 6. The van der Waals surface area contributed by atoms with Crippen molar-refractivity contribution in [3.63, 3.8) is 0 Å². The number of nitrogens with zero attached hydrogens (tertiary/aromatic N) is 4. The van der Waals surface area contributed by atoms with E-state index in [1.807, 2.05) is 30.7 Å². The fourth-order valence-corrected chi connectivity index (χ4v) is 3.23. The van der Waals surface area contributed by atoms with Crippen LogP contribution in [0.4, 0.5) is 4.79 Å². The van der Waals surface area contributed by atoms with Crippen molar-refractivity contribution in [2.24, 2.45) is 0 Å². The topological polar surface area (TPSA) is 95.7 Å². The summed E-state index contributed by atoms with van der Waals surface area (Å²) >= 11 is 0. The number of aromatic nitrogens is 3. The summed E-state index contributed by atoms with van der Waals surface area (Å²) in [7, 11) is 0. The highest BCUT2D eigenvalue weighted by Crippen LogP contribution is 2.23. The number of hydrogen-bond donors (Lipinski definition) is 0. The van der Waals surface area contributed by atoms with Crippen molar-refractivity contribution < 1.29 is 23.9 Å². The van der Waals surface area contributed by atoms with E-state index in [0.717, 1.165) is 27.7 Å². The van der Waals surface area contributed by atoms with Gasteiger partial charge in [-0.15, -0.1) is 0 Å². The number of ether oxygens (including phenoxy) is 2. The van der Waals surface area contributed by atoms with E-state index in [2.05, 4.69) is 28.3 Å². The number of aryl methyl sites for hydroxylation is 1. The largest absolute Gasteiger partial charge is 0.452 e. The van der Waals surface area contributed by atoms with E-state index in [-0.39, 0.29) is 19.2 Å². The number of carbonyl (C=O) groups is 3. The van der Waals surface area contributed by atoms with Crippen molar-refractivity contribution >= 4 is 24.0 Å². The zero-order valence-corrected chi connectivity index (χ0v) is 16.9. The van der Waals surface area contributed by atoms with Crippen molar-refractivity contribution in [2.45, 2.75) is 33.7 Å². The number of cyclic esters (lactones) is 1. The quantitative estimate of drug-likeness (QED) is 0.546. The molecule has 9 nitrogen and oxygen atoms in total. The Morgan fingerprint density at radius 3 is 2.76 bits per heavy atom. The number of amides is 2. The van der Waals surface area contributed by atoms with Gasteiger partial charge >= 0.3 is 12.1 Å². The zero-order valence-electron chi connectivity index (χ0n) is 16.9. The summed E-state index contributed by atoms with van der Waals surface area (Å²) in [5, 5.41) is 4.37. The van der Waals surface area contributed by atoms with Crippen LogP contribution in [0.15, 0.2) is 24.4 Å². The van der Waals surface area contributed by atoms with E-state index in [1.165, 1.54) is 6.08 Å². The number of carbonyl (C=O) groups excluding carboxylic acids is 3. The lowest BCUT2D eigenvalue weighted by atomic mass is 10.2. The van der Waals surface area contributed by atoms with Crippen LogP contribution in [0.25, 0.3) is 11.9 Å². The second-order valence-electron chi connectivity index (χ2n) is 6.99. The molecule has 9 heteroatoms. The number of hydrogen-bond acceptors (Lipinski definition) is 6. The molecule has 0 spiro atoms. The summed E-state index contributed by atoms with van der Waals surface area (Å²) in [5.41, 5.74) is 2.80. The van der Waals surface area contributed by atoms with Gasteiger partial charge < -0.3 is 14.0 Å². The molecule has 154 valence electrons. The molecule has 1 fully saturated rings. The van der Waals surface area contributed by atoms with Gasteiger partial charge in [-0.1, -0.05) is 0 Å². The minimum atomic E-state index is -0.713. The van der Waals surface area contributed by atoms with Gasteiger partial charge in [-0.2, -0.15) is 5.10 Å². The number of esters is 1. The van der Waals surface area contributed by atoms with Gasteiger partial charge in [-0.25, -0.2) is 19.2 Å². The van der Waals surface area contributed by atoms with Gasteiger partial charge in [-0.05, 0) is 45.4 Å². The molecular formula is C20H24N4O5. The van der Waals surface area contributed by atoms with Gasteiger partial charge in [0, 0.05) is 29.6 Å². The first-order valence-corrected chi connectivity index (χ1v) is 9.34. The minimum absolute atomic E-state index is 0.157. The molecule has 29 heavy (non-hydrogen) atoms. The smallest absolute Gasteiger partial charge is 0.416 e. The molecule has 0 radical (unpaired) electrons. The van der Waals surface area contributed by atoms with Crippen LogP contribution in [0.3, 0.4) is 0 Å². The predicted molar refractivity (Wildman–Crippen MR) is 104 cm³/mol. The lowest BCUT2D eigenvalue weighted by molar-refractivity contribution is -0.146. The molecule has 1 aliphatic rings. The van der Waals surface area contributed by atoms with Crippen LogP contribution in [0.5, 0.6) is 0 Å². The zero-order chi connectivity index (χ0) is 21.1. The first kappa shape index (κ1) is 20.4. The van der Waals surface area contributed by atoms with Crippen LogP contribution in [0, 0.1) is 13.8 Å². The lowest BCUT2D eigenvalue weighted by Gasteiger charge is -2.15. The van der Waals surface area contributed by atoms with Crippen LogP contribution in [-0.2, 0) is 19.1 Å². The van der Waals surface area contributed by atoms with Gasteiger partial charge in [-0.3, -0.25) is 4.79 Å². The fourth-order valence-electron chi connectivity index (χ4n) is 3.23. The SMILES string of the molecule is Cc1cc(/C=C/C(=O)OCC(=O)N2CCOC2=O)c(C)n1-c1ccnn1C(C)C. The highest BCUT2D eigenvalue weighted by Gasteiger charge is 2.28. The second-order valence-corrected chi connectivity index (χ2v) is 6.99. The fraction of sp³-hybridized carbons (Fsp3) is 0.400. The summed E-state index contributed by atoms with van der Waals surface area (Å²) in [5.74, 6) is -0.322. The Morgan fingerprint density at radius 2 is 2.10 bits per heavy atom. The minimum Gasteiger partial charge on any atom is -0.452 e. The van der Waals surface area contributed by atoms with Crippen molar-refractivity contribution in [1.82, 2.24) is 19.2 Å². The van der Waals surface area contributed by atoms with Gasteiger partial charge in [0.1, 0.15) is 12.4 Å². The molecule has 0 unspecified atom stereocenters. The molecule has 0 aromatic carbocycles. The molecule has 1 aliphatic heterocycles.